The molecule has 2 aromatic rings. The van der Waals surface area contributed by atoms with Crippen molar-refractivity contribution in [2.75, 3.05) is 13.1 Å². The first-order valence-corrected chi connectivity index (χ1v) is 6.47. The maximum Gasteiger partial charge on any atom is 0.270 e. The minimum atomic E-state index is 0.116. The van der Waals surface area contributed by atoms with Crippen molar-refractivity contribution in [3.05, 3.63) is 36.3 Å². The number of pyridine rings is 1. The van der Waals surface area contributed by atoms with Crippen LogP contribution in [-0.2, 0) is 0 Å². The Balaban J connectivity index is 1.94. The quantitative estimate of drug-likeness (QED) is 0.770. The second kappa shape index (κ2) is 4.44. The number of carbonyl (C=O) groups excluding carboxylic acids is 1. The SMILES string of the molecule is CC1CCCN(C(=O)c2cccc3nccn23)C1. The van der Waals surface area contributed by atoms with Crippen molar-refractivity contribution in [2.45, 2.75) is 19.8 Å². The second-order valence-electron chi connectivity index (χ2n) is 5.07. The maximum atomic E-state index is 12.5. The van der Waals surface area contributed by atoms with Gasteiger partial charge in [0.1, 0.15) is 11.3 Å². The third kappa shape index (κ3) is 1.88. The summed E-state index contributed by atoms with van der Waals surface area (Å²) in [5.74, 6) is 0.717. The number of nitrogens with zero attached hydrogens (tertiary/aromatic N) is 3. The summed E-state index contributed by atoms with van der Waals surface area (Å²) in [6.45, 7) is 3.94. The Hall–Kier alpha value is -1.84. The molecule has 18 heavy (non-hydrogen) atoms. The lowest BCUT2D eigenvalue weighted by molar-refractivity contribution is 0.0675. The molecule has 3 rings (SSSR count). The molecular weight excluding hydrogens is 226 g/mol. The third-order valence-corrected chi connectivity index (χ3v) is 3.59. The highest BCUT2D eigenvalue weighted by Gasteiger charge is 2.23. The number of fused-ring (bicyclic) bond motifs is 1. The van der Waals surface area contributed by atoms with E-state index in [2.05, 4.69) is 11.9 Å². The van der Waals surface area contributed by atoms with Crippen LogP contribution in [0.3, 0.4) is 0 Å². The first-order chi connectivity index (χ1) is 8.75. The zero-order valence-electron chi connectivity index (χ0n) is 10.5. The van der Waals surface area contributed by atoms with Crippen molar-refractivity contribution in [1.82, 2.24) is 14.3 Å². The molecule has 0 spiro atoms. The molecular formula is C14H17N3O. The van der Waals surface area contributed by atoms with Crippen LogP contribution in [0.1, 0.15) is 30.3 Å². The molecule has 0 aromatic carbocycles. The van der Waals surface area contributed by atoms with Crippen LogP contribution < -0.4 is 0 Å². The normalized spacial score (nSPS) is 20.3. The zero-order valence-corrected chi connectivity index (χ0v) is 10.5. The highest BCUT2D eigenvalue weighted by molar-refractivity contribution is 5.93. The Bertz CT molecular complexity index is 575. The number of carbonyl (C=O) groups is 1. The highest BCUT2D eigenvalue weighted by Crippen LogP contribution is 2.18. The molecule has 1 aliphatic rings. The number of hydrogen-bond donors (Lipinski definition) is 0. The molecule has 1 atom stereocenters. The highest BCUT2D eigenvalue weighted by atomic mass is 16.2. The van der Waals surface area contributed by atoms with Crippen LogP contribution in [-0.4, -0.2) is 33.3 Å². The van der Waals surface area contributed by atoms with E-state index in [1.54, 1.807) is 6.20 Å². The summed E-state index contributed by atoms with van der Waals surface area (Å²) >= 11 is 0. The molecule has 1 fully saturated rings. The van der Waals surface area contributed by atoms with Crippen molar-refractivity contribution in [1.29, 1.82) is 0 Å². The van der Waals surface area contributed by atoms with Gasteiger partial charge >= 0.3 is 0 Å². The Morgan fingerprint density at radius 2 is 2.33 bits per heavy atom. The standard InChI is InChI=1S/C14H17N3O/c1-11-4-3-8-16(10-11)14(18)12-5-2-6-13-15-7-9-17(12)13/h2,5-7,9,11H,3-4,8,10H2,1H3. The first kappa shape index (κ1) is 11.3. The summed E-state index contributed by atoms with van der Waals surface area (Å²) in [5, 5.41) is 0. The number of rotatable bonds is 1. The van der Waals surface area contributed by atoms with E-state index in [-0.39, 0.29) is 5.91 Å². The predicted octanol–water partition coefficient (Wildman–Crippen LogP) is 2.21. The predicted molar refractivity (Wildman–Crippen MR) is 69.5 cm³/mol. The summed E-state index contributed by atoms with van der Waals surface area (Å²) in [6.07, 6.45) is 5.90. The van der Waals surface area contributed by atoms with Gasteiger partial charge in [0, 0.05) is 25.5 Å². The number of piperidine rings is 1. The van der Waals surface area contributed by atoms with Crippen LogP contribution in [0, 0.1) is 5.92 Å². The van der Waals surface area contributed by atoms with Gasteiger partial charge in [-0.2, -0.15) is 0 Å². The minimum absolute atomic E-state index is 0.116. The van der Waals surface area contributed by atoms with Gasteiger partial charge in [-0.05, 0) is 30.9 Å². The molecule has 0 bridgehead atoms. The van der Waals surface area contributed by atoms with Gasteiger partial charge in [-0.1, -0.05) is 13.0 Å². The Morgan fingerprint density at radius 1 is 1.44 bits per heavy atom. The fourth-order valence-electron chi connectivity index (χ4n) is 2.66. The van der Waals surface area contributed by atoms with Crippen LogP contribution in [0.5, 0.6) is 0 Å². The monoisotopic (exact) mass is 243 g/mol. The lowest BCUT2D eigenvalue weighted by Crippen LogP contribution is -2.39. The Labute approximate surface area is 106 Å². The van der Waals surface area contributed by atoms with E-state index in [0.717, 1.165) is 25.2 Å². The molecule has 1 saturated heterocycles. The van der Waals surface area contributed by atoms with E-state index in [4.69, 9.17) is 0 Å². The fraction of sp³-hybridized carbons (Fsp3) is 0.429. The molecule has 2 aromatic heterocycles. The van der Waals surface area contributed by atoms with E-state index in [1.807, 2.05) is 33.7 Å². The average Bonchev–Trinajstić information content (AvgIpc) is 2.86. The zero-order chi connectivity index (χ0) is 12.5. The summed E-state index contributed by atoms with van der Waals surface area (Å²) in [6, 6.07) is 5.68. The topological polar surface area (TPSA) is 37.6 Å². The number of hydrogen-bond acceptors (Lipinski definition) is 2. The number of aromatic nitrogens is 2. The largest absolute Gasteiger partial charge is 0.337 e. The molecule has 1 aliphatic heterocycles. The number of likely N-dealkylation sites (tertiary alicyclic amines) is 1. The van der Waals surface area contributed by atoms with Crippen LogP contribution in [0.25, 0.3) is 5.65 Å². The molecule has 3 heterocycles. The van der Waals surface area contributed by atoms with E-state index in [0.29, 0.717) is 11.6 Å². The first-order valence-electron chi connectivity index (χ1n) is 6.47. The van der Waals surface area contributed by atoms with Crippen molar-refractivity contribution in [3.8, 4) is 0 Å². The van der Waals surface area contributed by atoms with Gasteiger partial charge < -0.3 is 4.90 Å². The van der Waals surface area contributed by atoms with Crippen molar-refractivity contribution >= 4 is 11.6 Å². The van der Waals surface area contributed by atoms with Gasteiger partial charge in [-0.15, -0.1) is 0 Å². The molecule has 94 valence electrons. The minimum Gasteiger partial charge on any atom is -0.337 e. The fourth-order valence-corrected chi connectivity index (χ4v) is 2.66. The van der Waals surface area contributed by atoms with Gasteiger partial charge in [0.05, 0.1) is 0 Å². The van der Waals surface area contributed by atoms with Gasteiger partial charge in [-0.25, -0.2) is 4.98 Å². The Kier molecular flexibility index (Phi) is 2.78. The molecule has 4 nitrogen and oxygen atoms in total. The second-order valence-corrected chi connectivity index (χ2v) is 5.07. The Morgan fingerprint density at radius 3 is 3.17 bits per heavy atom. The van der Waals surface area contributed by atoms with E-state index in [1.165, 1.54) is 6.42 Å². The maximum absolute atomic E-state index is 12.5. The molecule has 0 aliphatic carbocycles. The molecule has 0 saturated carbocycles. The summed E-state index contributed by atoms with van der Waals surface area (Å²) in [5.41, 5.74) is 1.53. The summed E-state index contributed by atoms with van der Waals surface area (Å²) < 4.78 is 1.86. The lowest BCUT2D eigenvalue weighted by atomic mass is 10.00. The molecule has 0 radical (unpaired) electrons. The van der Waals surface area contributed by atoms with E-state index < -0.39 is 0 Å². The van der Waals surface area contributed by atoms with Crippen molar-refractivity contribution < 1.29 is 4.79 Å². The van der Waals surface area contributed by atoms with Gasteiger partial charge in [0.2, 0.25) is 0 Å². The lowest BCUT2D eigenvalue weighted by Gasteiger charge is -2.31. The molecule has 0 N–H and O–H groups in total. The van der Waals surface area contributed by atoms with Crippen LogP contribution in [0.15, 0.2) is 30.6 Å². The molecule has 4 heteroatoms. The van der Waals surface area contributed by atoms with Crippen LogP contribution >= 0.6 is 0 Å². The molecule has 1 amide bonds. The van der Waals surface area contributed by atoms with E-state index in [9.17, 15) is 4.79 Å². The van der Waals surface area contributed by atoms with Crippen molar-refractivity contribution in [2.24, 2.45) is 5.92 Å². The summed E-state index contributed by atoms with van der Waals surface area (Å²) in [4.78, 5) is 18.7. The third-order valence-electron chi connectivity index (χ3n) is 3.59. The van der Waals surface area contributed by atoms with Crippen molar-refractivity contribution in [3.63, 3.8) is 0 Å². The van der Waals surface area contributed by atoms with Gasteiger partial charge in [0.15, 0.2) is 0 Å². The summed E-state index contributed by atoms with van der Waals surface area (Å²) in [7, 11) is 0. The molecule has 1 unspecified atom stereocenters. The average molecular weight is 243 g/mol. The number of amides is 1. The van der Waals surface area contributed by atoms with Crippen LogP contribution in [0.2, 0.25) is 0 Å². The number of imidazole rings is 1. The van der Waals surface area contributed by atoms with Gasteiger partial charge in [-0.3, -0.25) is 9.20 Å². The van der Waals surface area contributed by atoms with Gasteiger partial charge in [0.25, 0.3) is 5.91 Å². The van der Waals surface area contributed by atoms with E-state index >= 15 is 0 Å². The van der Waals surface area contributed by atoms with Crippen LogP contribution in [0.4, 0.5) is 0 Å². The smallest absolute Gasteiger partial charge is 0.270 e.